The average molecular weight is 221 g/mol. The highest BCUT2D eigenvalue weighted by atomic mass is 16.3. The van der Waals surface area contributed by atoms with Crippen LogP contribution in [0.1, 0.15) is 56.4 Å². The average Bonchev–Trinajstić information content (AvgIpc) is 2.88. The lowest BCUT2D eigenvalue weighted by Crippen LogP contribution is -2.23. The third-order valence-corrected chi connectivity index (χ3v) is 3.71. The van der Waals surface area contributed by atoms with Gasteiger partial charge in [-0.2, -0.15) is 0 Å². The molecule has 1 aliphatic rings. The molecule has 2 rings (SSSR count). The summed E-state index contributed by atoms with van der Waals surface area (Å²) in [4.78, 5) is 0. The molecule has 0 aromatic carbocycles. The fourth-order valence-electron chi connectivity index (χ4n) is 2.85. The van der Waals surface area contributed by atoms with Gasteiger partial charge >= 0.3 is 0 Å². The van der Waals surface area contributed by atoms with Gasteiger partial charge in [0, 0.05) is 0 Å². The Balaban J connectivity index is 2.01. The van der Waals surface area contributed by atoms with E-state index in [0.29, 0.717) is 6.04 Å². The van der Waals surface area contributed by atoms with Crippen molar-refractivity contribution in [2.75, 3.05) is 6.54 Å². The van der Waals surface area contributed by atoms with Crippen molar-refractivity contribution in [3.8, 4) is 0 Å². The lowest BCUT2D eigenvalue weighted by Gasteiger charge is -2.20. The van der Waals surface area contributed by atoms with E-state index in [1.54, 1.807) is 0 Å². The Labute approximate surface area is 98.4 Å². The van der Waals surface area contributed by atoms with Crippen LogP contribution in [0.25, 0.3) is 0 Å². The van der Waals surface area contributed by atoms with E-state index in [2.05, 4.69) is 25.2 Å². The normalized spacial score (nSPS) is 19.1. The summed E-state index contributed by atoms with van der Waals surface area (Å²) in [5.74, 6) is 2.04. The second-order valence-corrected chi connectivity index (χ2v) is 4.96. The number of aryl methyl sites for hydroxylation is 1. The minimum Gasteiger partial charge on any atom is -0.467 e. The van der Waals surface area contributed by atoms with Gasteiger partial charge in [0.15, 0.2) is 0 Å². The van der Waals surface area contributed by atoms with E-state index in [1.807, 2.05) is 6.26 Å². The van der Waals surface area contributed by atoms with Crippen molar-refractivity contribution in [3.05, 3.63) is 23.7 Å². The zero-order chi connectivity index (χ0) is 11.4. The zero-order valence-electron chi connectivity index (χ0n) is 10.5. The molecule has 0 aliphatic heterocycles. The molecule has 1 unspecified atom stereocenters. The first kappa shape index (κ1) is 11.7. The lowest BCUT2D eigenvalue weighted by molar-refractivity contribution is 0.345. The van der Waals surface area contributed by atoms with Gasteiger partial charge in [-0.1, -0.05) is 32.6 Å². The van der Waals surface area contributed by atoms with E-state index < -0.39 is 0 Å². The third-order valence-electron chi connectivity index (χ3n) is 3.71. The molecular weight excluding hydrogens is 198 g/mol. The van der Waals surface area contributed by atoms with Gasteiger partial charge in [0.1, 0.15) is 5.76 Å². The second kappa shape index (κ2) is 5.53. The van der Waals surface area contributed by atoms with Crippen LogP contribution in [-0.2, 0) is 0 Å². The molecule has 1 aliphatic carbocycles. The maximum atomic E-state index is 5.63. The van der Waals surface area contributed by atoms with E-state index in [1.165, 1.54) is 37.7 Å². The van der Waals surface area contributed by atoms with Crippen LogP contribution in [0.5, 0.6) is 0 Å². The monoisotopic (exact) mass is 221 g/mol. The molecule has 1 aromatic rings. The third kappa shape index (κ3) is 2.67. The van der Waals surface area contributed by atoms with Crippen LogP contribution in [0.4, 0.5) is 0 Å². The quantitative estimate of drug-likeness (QED) is 0.817. The molecular formula is C14H23NO. The van der Waals surface area contributed by atoms with E-state index in [4.69, 9.17) is 4.42 Å². The highest BCUT2D eigenvalue weighted by Gasteiger charge is 2.23. The minimum absolute atomic E-state index is 0.420. The molecule has 90 valence electrons. The predicted molar refractivity (Wildman–Crippen MR) is 66.4 cm³/mol. The highest BCUT2D eigenvalue weighted by Crippen LogP contribution is 2.34. The molecule has 0 bridgehead atoms. The fraction of sp³-hybridized carbons (Fsp3) is 0.714. The van der Waals surface area contributed by atoms with Crippen LogP contribution in [0.15, 0.2) is 16.7 Å². The van der Waals surface area contributed by atoms with Crippen LogP contribution >= 0.6 is 0 Å². The summed E-state index contributed by atoms with van der Waals surface area (Å²) in [5, 5.41) is 3.56. The number of hydrogen-bond acceptors (Lipinski definition) is 2. The van der Waals surface area contributed by atoms with Gasteiger partial charge in [0.25, 0.3) is 0 Å². The zero-order valence-corrected chi connectivity index (χ0v) is 10.5. The Kier molecular flexibility index (Phi) is 4.05. The Hall–Kier alpha value is -0.760. The first-order valence-corrected chi connectivity index (χ1v) is 6.58. The molecule has 0 amide bonds. The summed E-state index contributed by atoms with van der Waals surface area (Å²) in [5.41, 5.74) is 1.28. The molecule has 0 radical (unpaired) electrons. The molecule has 2 heteroatoms. The summed E-state index contributed by atoms with van der Waals surface area (Å²) in [6.07, 6.45) is 8.69. The van der Waals surface area contributed by atoms with Crippen LogP contribution in [0.2, 0.25) is 0 Å². The van der Waals surface area contributed by atoms with Crippen molar-refractivity contribution >= 4 is 0 Å². The SMILES string of the molecule is CCNC(CC1CCCC1)c1occc1C. The van der Waals surface area contributed by atoms with Crippen molar-refractivity contribution in [1.82, 2.24) is 5.32 Å². The first-order valence-electron chi connectivity index (χ1n) is 6.58. The van der Waals surface area contributed by atoms with E-state index in [9.17, 15) is 0 Å². The number of rotatable bonds is 5. The van der Waals surface area contributed by atoms with Crippen molar-refractivity contribution < 1.29 is 4.42 Å². The predicted octanol–water partition coefficient (Wildman–Crippen LogP) is 3.82. The molecule has 1 fully saturated rings. The number of nitrogens with one attached hydrogen (secondary N) is 1. The Morgan fingerprint density at radius 2 is 2.19 bits per heavy atom. The number of hydrogen-bond donors (Lipinski definition) is 1. The fourth-order valence-corrected chi connectivity index (χ4v) is 2.85. The molecule has 1 atom stereocenters. The van der Waals surface area contributed by atoms with Gasteiger partial charge < -0.3 is 9.73 Å². The van der Waals surface area contributed by atoms with Crippen LogP contribution in [0.3, 0.4) is 0 Å². The Morgan fingerprint density at radius 3 is 2.75 bits per heavy atom. The van der Waals surface area contributed by atoms with E-state index >= 15 is 0 Å². The summed E-state index contributed by atoms with van der Waals surface area (Å²) in [6, 6.07) is 2.48. The smallest absolute Gasteiger partial charge is 0.123 e. The molecule has 0 spiro atoms. The molecule has 1 N–H and O–H groups in total. The van der Waals surface area contributed by atoms with Crippen LogP contribution in [-0.4, -0.2) is 6.54 Å². The standard InChI is InChI=1S/C14H23NO/c1-3-15-13(10-12-6-4-5-7-12)14-11(2)8-9-16-14/h8-9,12-13,15H,3-7,10H2,1-2H3. The molecule has 2 nitrogen and oxygen atoms in total. The molecule has 1 aromatic heterocycles. The maximum absolute atomic E-state index is 5.63. The lowest BCUT2D eigenvalue weighted by atomic mass is 9.95. The summed E-state index contributed by atoms with van der Waals surface area (Å²) >= 11 is 0. The van der Waals surface area contributed by atoms with Gasteiger partial charge in [0.2, 0.25) is 0 Å². The first-order chi connectivity index (χ1) is 7.81. The van der Waals surface area contributed by atoms with E-state index in [-0.39, 0.29) is 0 Å². The minimum atomic E-state index is 0.420. The maximum Gasteiger partial charge on any atom is 0.123 e. The highest BCUT2D eigenvalue weighted by molar-refractivity contribution is 5.18. The molecule has 1 heterocycles. The Morgan fingerprint density at radius 1 is 1.44 bits per heavy atom. The molecule has 0 saturated heterocycles. The summed E-state index contributed by atoms with van der Waals surface area (Å²) in [6.45, 7) is 5.31. The second-order valence-electron chi connectivity index (χ2n) is 4.96. The van der Waals surface area contributed by atoms with Gasteiger partial charge in [-0.15, -0.1) is 0 Å². The van der Waals surface area contributed by atoms with Gasteiger partial charge in [-0.3, -0.25) is 0 Å². The van der Waals surface area contributed by atoms with E-state index in [0.717, 1.165) is 18.2 Å². The van der Waals surface area contributed by atoms with Crippen LogP contribution < -0.4 is 5.32 Å². The van der Waals surface area contributed by atoms with Crippen LogP contribution in [0, 0.1) is 12.8 Å². The number of furan rings is 1. The largest absolute Gasteiger partial charge is 0.467 e. The molecule has 16 heavy (non-hydrogen) atoms. The van der Waals surface area contributed by atoms with Gasteiger partial charge in [-0.05, 0) is 37.4 Å². The van der Waals surface area contributed by atoms with Crippen molar-refractivity contribution in [1.29, 1.82) is 0 Å². The van der Waals surface area contributed by atoms with Crippen molar-refractivity contribution in [2.45, 2.75) is 52.0 Å². The van der Waals surface area contributed by atoms with Gasteiger partial charge in [0.05, 0.1) is 12.3 Å². The van der Waals surface area contributed by atoms with Crippen molar-refractivity contribution in [3.63, 3.8) is 0 Å². The topological polar surface area (TPSA) is 25.2 Å². The van der Waals surface area contributed by atoms with Gasteiger partial charge in [-0.25, -0.2) is 0 Å². The Bertz CT molecular complexity index is 312. The van der Waals surface area contributed by atoms with Crippen molar-refractivity contribution in [2.24, 2.45) is 5.92 Å². The summed E-state index contributed by atoms with van der Waals surface area (Å²) in [7, 11) is 0. The summed E-state index contributed by atoms with van der Waals surface area (Å²) < 4.78 is 5.63. The molecule has 1 saturated carbocycles.